The second-order valence-corrected chi connectivity index (χ2v) is 7.66. The molecule has 1 amide bonds. The Morgan fingerprint density at radius 2 is 2.05 bits per heavy atom. The number of nitrogens with one attached hydrogen (secondary N) is 2. The average molecular weight is 343 g/mol. The monoisotopic (exact) mass is 342 g/mol. The fourth-order valence-electron chi connectivity index (χ4n) is 3.48. The van der Waals surface area contributed by atoms with Gasteiger partial charge in [0.2, 0.25) is 0 Å². The first-order chi connectivity index (χ1) is 10.2. The minimum absolute atomic E-state index is 0. The predicted octanol–water partition coefficient (Wildman–Crippen LogP) is 3.70. The maximum absolute atomic E-state index is 12.5. The van der Waals surface area contributed by atoms with Gasteiger partial charge >= 0.3 is 0 Å². The van der Waals surface area contributed by atoms with E-state index in [1.807, 2.05) is 0 Å². The summed E-state index contributed by atoms with van der Waals surface area (Å²) in [5, 5.41) is 6.67. The summed E-state index contributed by atoms with van der Waals surface area (Å²) in [6, 6.07) is 3.00. The largest absolute Gasteiger partial charge is 0.349 e. The highest BCUT2D eigenvalue weighted by Gasteiger charge is 2.22. The zero-order valence-electron chi connectivity index (χ0n) is 13.3. The third kappa shape index (κ3) is 4.46. The fourth-order valence-corrected chi connectivity index (χ4v) is 4.63. The van der Waals surface area contributed by atoms with E-state index >= 15 is 0 Å². The second-order valence-electron chi connectivity index (χ2n) is 6.52. The molecule has 2 unspecified atom stereocenters. The number of fused-ring (bicyclic) bond motifs is 1. The molecule has 0 aromatic carbocycles. The normalized spacial score (nSPS) is 25.3. The van der Waals surface area contributed by atoms with Gasteiger partial charge in [-0.2, -0.15) is 0 Å². The van der Waals surface area contributed by atoms with Crippen molar-refractivity contribution < 1.29 is 4.79 Å². The summed E-state index contributed by atoms with van der Waals surface area (Å²) in [6.45, 7) is 3.20. The molecule has 1 aromatic rings. The molecule has 22 heavy (non-hydrogen) atoms. The van der Waals surface area contributed by atoms with Crippen LogP contribution in [0.4, 0.5) is 0 Å². The van der Waals surface area contributed by atoms with Crippen LogP contribution in [0.2, 0.25) is 0 Å². The molecule has 1 aliphatic heterocycles. The molecule has 2 atom stereocenters. The summed E-state index contributed by atoms with van der Waals surface area (Å²) in [5.74, 6) is 0.144. The van der Waals surface area contributed by atoms with Crippen LogP contribution in [0.1, 0.15) is 65.6 Å². The Labute approximate surface area is 143 Å². The first-order valence-corrected chi connectivity index (χ1v) is 9.20. The second kappa shape index (κ2) is 8.32. The third-order valence-electron chi connectivity index (χ3n) is 4.68. The van der Waals surface area contributed by atoms with Crippen molar-refractivity contribution in [3.63, 3.8) is 0 Å². The van der Waals surface area contributed by atoms with Crippen LogP contribution in [0.25, 0.3) is 0 Å². The van der Waals surface area contributed by atoms with E-state index in [1.165, 1.54) is 36.1 Å². The zero-order valence-corrected chi connectivity index (χ0v) is 15.0. The minimum atomic E-state index is 0. The quantitative estimate of drug-likeness (QED) is 0.860. The van der Waals surface area contributed by atoms with E-state index in [1.54, 1.807) is 11.3 Å². The zero-order chi connectivity index (χ0) is 14.7. The van der Waals surface area contributed by atoms with Crippen LogP contribution in [0.5, 0.6) is 0 Å². The van der Waals surface area contributed by atoms with E-state index in [9.17, 15) is 4.79 Å². The molecule has 0 radical (unpaired) electrons. The number of thiophene rings is 1. The minimum Gasteiger partial charge on any atom is -0.349 e. The van der Waals surface area contributed by atoms with Gasteiger partial charge in [-0.25, -0.2) is 0 Å². The standard InChI is InChI=1S/C17H26N2OS.ClH/c1-12-10-14(8-9-18-12)19-17(20)16-11-13-6-4-2-3-5-7-15(13)21-16;/h11-12,14,18H,2-10H2,1H3,(H,19,20);1H. The molecule has 1 aromatic heterocycles. The summed E-state index contributed by atoms with van der Waals surface area (Å²) in [5.41, 5.74) is 1.43. The topological polar surface area (TPSA) is 41.1 Å². The maximum Gasteiger partial charge on any atom is 0.261 e. The van der Waals surface area contributed by atoms with Crippen molar-refractivity contribution in [2.24, 2.45) is 0 Å². The van der Waals surface area contributed by atoms with Crippen molar-refractivity contribution in [2.45, 2.75) is 70.4 Å². The SMILES string of the molecule is CC1CC(NC(=O)c2cc3c(s2)CCCCCC3)CCN1.Cl. The lowest BCUT2D eigenvalue weighted by Gasteiger charge is -2.28. The van der Waals surface area contributed by atoms with E-state index < -0.39 is 0 Å². The van der Waals surface area contributed by atoms with Crippen molar-refractivity contribution in [3.05, 3.63) is 21.4 Å². The predicted molar refractivity (Wildman–Crippen MR) is 95.4 cm³/mol. The summed E-state index contributed by atoms with van der Waals surface area (Å²) >= 11 is 1.73. The Hall–Kier alpha value is -0.580. The van der Waals surface area contributed by atoms with E-state index in [4.69, 9.17) is 0 Å². The van der Waals surface area contributed by atoms with Gasteiger partial charge in [0.25, 0.3) is 5.91 Å². The number of halogens is 1. The van der Waals surface area contributed by atoms with Crippen molar-refractivity contribution in [2.75, 3.05) is 6.54 Å². The van der Waals surface area contributed by atoms with E-state index in [-0.39, 0.29) is 18.3 Å². The number of hydrogen-bond donors (Lipinski definition) is 2. The summed E-state index contributed by atoms with van der Waals surface area (Å²) in [6.07, 6.45) is 9.63. The molecule has 124 valence electrons. The van der Waals surface area contributed by atoms with Crippen LogP contribution in [-0.4, -0.2) is 24.5 Å². The lowest BCUT2D eigenvalue weighted by Crippen LogP contribution is -2.46. The molecule has 0 saturated carbocycles. The van der Waals surface area contributed by atoms with Crippen LogP contribution in [0.15, 0.2) is 6.07 Å². The van der Waals surface area contributed by atoms with Gasteiger partial charge in [0, 0.05) is 17.0 Å². The number of hydrogen-bond acceptors (Lipinski definition) is 3. The van der Waals surface area contributed by atoms with Gasteiger partial charge in [-0.3, -0.25) is 4.79 Å². The molecule has 0 bridgehead atoms. The van der Waals surface area contributed by atoms with Gasteiger partial charge in [-0.05, 0) is 63.6 Å². The Balaban J connectivity index is 0.00000176. The van der Waals surface area contributed by atoms with Crippen LogP contribution < -0.4 is 10.6 Å². The highest BCUT2D eigenvalue weighted by molar-refractivity contribution is 7.14. The molecule has 3 nitrogen and oxygen atoms in total. The van der Waals surface area contributed by atoms with Crippen molar-refractivity contribution in [1.82, 2.24) is 10.6 Å². The van der Waals surface area contributed by atoms with Crippen LogP contribution >= 0.6 is 23.7 Å². The smallest absolute Gasteiger partial charge is 0.261 e. The van der Waals surface area contributed by atoms with Crippen LogP contribution in [0, 0.1) is 0 Å². The first-order valence-electron chi connectivity index (χ1n) is 8.38. The van der Waals surface area contributed by atoms with E-state index in [2.05, 4.69) is 23.6 Å². The molecule has 2 N–H and O–H groups in total. The van der Waals surface area contributed by atoms with Crippen molar-refractivity contribution >= 4 is 29.7 Å². The number of amides is 1. The third-order valence-corrected chi connectivity index (χ3v) is 5.92. The summed E-state index contributed by atoms with van der Waals surface area (Å²) in [4.78, 5) is 14.9. The van der Waals surface area contributed by atoms with Gasteiger partial charge in [0.05, 0.1) is 4.88 Å². The van der Waals surface area contributed by atoms with Gasteiger partial charge in [0.1, 0.15) is 0 Å². The summed E-state index contributed by atoms with van der Waals surface area (Å²) in [7, 11) is 0. The Kier molecular flexibility index (Phi) is 6.72. The fraction of sp³-hybridized carbons (Fsp3) is 0.706. The van der Waals surface area contributed by atoms with Gasteiger partial charge < -0.3 is 10.6 Å². The number of carbonyl (C=O) groups is 1. The van der Waals surface area contributed by atoms with Gasteiger partial charge in [-0.15, -0.1) is 23.7 Å². The number of carbonyl (C=O) groups excluding carboxylic acids is 1. The molecule has 1 saturated heterocycles. The maximum atomic E-state index is 12.5. The van der Waals surface area contributed by atoms with Gasteiger partial charge in [0.15, 0.2) is 0 Å². The van der Waals surface area contributed by atoms with Crippen molar-refractivity contribution in [1.29, 1.82) is 0 Å². The molecule has 3 rings (SSSR count). The Bertz CT molecular complexity index is 477. The van der Waals surface area contributed by atoms with Crippen LogP contribution in [0.3, 0.4) is 0 Å². The number of aryl methyl sites for hydroxylation is 2. The lowest BCUT2D eigenvalue weighted by molar-refractivity contribution is 0.0930. The van der Waals surface area contributed by atoms with Crippen LogP contribution in [-0.2, 0) is 12.8 Å². The van der Waals surface area contributed by atoms with E-state index in [0.29, 0.717) is 12.1 Å². The molecular weight excluding hydrogens is 316 g/mol. The number of piperidine rings is 1. The average Bonchev–Trinajstić information content (AvgIpc) is 2.81. The molecule has 2 heterocycles. The molecule has 1 fully saturated rings. The van der Waals surface area contributed by atoms with Crippen molar-refractivity contribution in [3.8, 4) is 0 Å². The highest BCUT2D eigenvalue weighted by Crippen LogP contribution is 2.28. The molecule has 0 spiro atoms. The molecule has 5 heteroatoms. The highest BCUT2D eigenvalue weighted by atomic mass is 35.5. The molecular formula is C17H27ClN2OS. The molecule has 1 aliphatic carbocycles. The Morgan fingerprint density at radius 3 is 2.82 bits per heavy atom. The van der Waals surface area contributed by atoms with E-state index in [0.717, 1.165) is 37.1 Å². The first kappa shape index (κ1) is 17.8. The number of rotatable bonds is 2. The Morgan fingerprint density at radius 1 is 1.27 bits per heavy atom. The lowest BCUT2D eigenvalue weighted by atomic mass is 9.99. The molecule has 2 aliphatic rings. The van der Waals surface area contributed by atoms with Gasteiger partial charge in [-0.1, -0.05) is 12.8 Å². The summed E-state index contributed by atoms with van der Waals surface area (Å²) < 4.78 is 0.